The molecule has 3 rings (SSSR count). The molecule has 2 amide bonds. The summed E-state index contributed by atoms with van der Waals surface area (Å²) < 4.78 is 30.3. The van der Waals surface area contributed by atoms with E-state index in [0.717, 1.165) is 11.8 Å². The third kappa shape index (κ3) is 7.41. The quantitative estimate of drug-likeness (QED) is 0.259. The van der Waals surface area contributed by atoms with Crippen molar-refractivity contribution in [1.82, 2.24) is 9.88 Å². The van der Waals surface area contributed by atoms with E-state index in [0.29, 0.717) is 49.2 Å². The Morgan fingerprint density at radius 3 is 2.20 bits per heavy atom. The summed E-state index contributed by atoms with van der Waals surface area (Å²) in [5.74, 6) is -2.34. The van der Waals surface area contributed by atoms with Crippen LogP contribution in [0.2, 0.25) is 0 Å². The summed E-state index contributed by atoms with van der Waals surface area (Å²) in [7, 11) is 1.93. The van der Waals surface area contributed by atoms with Gasteiger partial charge in [0.1, 0.15) is 23.8 Å². The minimum atomic E-state index is -1.03. The van der Waals surface area contributed by atoms with Crippen LogP contribution in [0.4, 0.5) is 8.78 Å². The molecule has 0 unspecified atom stereocenters. The number of halogens is 2. The molecule has 0 aliphatic carbocycles. The second-order valence-electron chi connectivity index (χ2n) is 10.6. The normalized spacial score (nSPS) is 13.3. The van der Waals surface area contributed by atoms with Crippen molar-refractivity contribution in [1.29, 1.82) is 0 Å². The number of aryl methyl sites for hydroxylation is 2. The maximum Gasteiger partial charge on any atom is 0.346 e. The van der Waals surface area contributed by atoms with E-state index in [-0.39, 0.29) is 28.9 Å². The summed E-state index contributed by atoms with van der Waals surface area (Å²) in [6.07, 6.45) is 2.21. The van der Waals surface area contributed by atoms with E-state index in [1.54, 1.807) is 19.1 Å². The van der Waals surface area contributed by atoms with Crippen molar-refractivity contribution in [3.63, 3.8) is 0 Å². The van der Waals surface area contributed by atoms with Gasteiger partial charge in [0.15, 0.2) is 0 Å². The second kappa shape index (κ2) is 13.8. The maximum absolute atomic E-state index is 14.5. The molecule has 2 atom stereocenters. The number of quaternary nitrogens is 1. The van der Waals surface area contributed by atoms with Gasteiger partial charge in [-0.1, -0.05) is 13.8 Å². The van der Waals surface area contributed by atoms with Crippen LogP contribution in [0.15, 0.2) is 54.7 Å². The van der Waals surface area contributed by atoms with E-state index in [4.69, 9.17) is 5.73 Å². The van der Waals surface area contributed by atoms with Crippen LogP contribution in [0, 0.1) is 18.6 Å². The highest BCUT2D eigenvalue weighted by Crippen LogP contribution is 2.28. The topological polar surface area (TPSA) is 97.3 Å². The summed E-state index contributed by atoms with van der Waals surface area (Å²) >= 11 is 0. The van der Waals surface area contributed by atoms with Crippen LogP contribution in [0.25, 0.3) is 0 Å². The van der Waals surface area contributed by atoms with Crippen molar-refractivity contribution < 1.29 is 28.0 Å². The third-order valence-corrected chi connectivity index (χ3v) is 7.42. The molecule has 0 aliphatic heterocycles. The molecular weight excluding hydrogens is 514 g/mol. The Morgan fingerprint density at radius 2 is 1.65 bits per heavy atom. The summed E-state index contributed by atoms with van der Waals surface area (Å²) in [6.45, 7) is 7.15. The van der Waals surface area contributed by atoms with Crippen LogP contribution >= 0.6 is 0 Å². The van der Waals surface area contributed by atoms with Gasteiger partial charge in [-0.2, -0.15) is 0 Å². The van der Waals surface area contributed by atoms with E-state index in [9.17, 15) is 23.5 Å². The molecule has 3 aromatic rings. The molecule has 0 aliphatic rings. The van der Waals surface area contributed by atoms with E-state index in [1.165, 1.54) is 18.2 Å². The average molecular weight is 556 g/mol. The van der Waals surface area contributed by atoms with Gasteiger partial charge in [0.2, 0.25) is 5.91 Å². The SMILES string of the molecule is CCC[N+](CCC)(C(=O)c1cc(C)cc(C(N)=O)c1)[C@@H](Cc1cc(F)cc(F)c1)[C@H](O)CNCc1cccn1C. The van der Waals surface area contributed by atoms with Crippen LogP contribution < -0.4 is 11.1 Å². The fourth-order valence-corrected chi connectivity index (χ4v) is 5.68. The lowest BCUT2D eigenvalue weighted by atomic mass is 9.93. The minimum absolute atomic E-state index is 0.0713. The zero-order chi connectivity index (χ0) is 29.4. The van der Waals surface area contributed by atoms with Crippen molar-refractivity contribution in [2.45, 2.75) is 58.7 Å². The highest BCUT2D eigenvalue weighted by molar-refractivity contribution is 5.97. The average Bonchev–Trinajstić information content (AvgIpc) is 3.30. The Labute approximate surface area is 235 Å². The molecule has 0 spiro atoms. The molecule has 7 nitrogen and oxygen atoms in total. The highest BCUT2D eigenvalue weighted by Gasteiger charge is 2.47. The summed E-state index contributed by atoms with van der Waals surface area (Å²) in [6, 6.07) is 11.3. The van der Waals surface area contributed by atoms with Gasteiger partial charge in [0.05, 0.1) is 18.7 Å². The van der Waals surface area contributed by atoms with E-state index < -0.39 is 29.7 Å². The zero-order valence-corrected chi connectivity index (χ0v) is 23.8. The number of hydrogen-bond acceptors (Lipinski definition) is 4. The van der Waals surface area contributed by atoms with E-state index in [1.807, 2.05) is 43.8 Å². The molecule has 0 saturated carbocycles. The molecule has 4 N–H and O–H groups in total. The number of benzene rings is 2. The largest absolute Gasteiger partial charge is 0.386 e. The molecule has 0 radical (unpaired) electrons. The number of nitrogens with one attached hydrogen (secondary N) is 1. The molecule has 0 saturated heterocycles. The van der Waals surface area contributed by atoms with Gasteiger partial charge in [0.25, 0.3) is 0 Å². The lowest BCUT2D eigenvalue weighted by molar-refractivity contribution is -0.878. The number of carbonyl (C=O) groups is 2. The molecule has 0 bridgehead atoms. The van der Waals surface area contributed by atoms with Crippen LogP contribution in [-0.4, -0.2) is 57.8 Å². The first-order valence-electron chi connectivity index (χ1n) is 13.8. The van der Waals surface area contributed by atoms with Crippen molar-refractivity contribution >= 4 is 11.8 Å². The predicted molar refractivity (Wildman–Crippen MR) is 152 cm³/mol. The Balaban J connectivity index is 2.09. The number of aliphatic hydroxyl groups is 1. The van der Waals surface area contributed by atoms with Crippen molar-refractivity contribution in [3.8, 4) is 0 Å². The monoisotopic (exact) mass is 555 g/mol. The molecule has 1 aromatic heterocycles. The van der Waals surface area contributed by atoms with Gasteiger partial charge >= 0.3 is 5.91 Å². The number of rotatable bonds is 14. The number of amides is 2. The molecule has 216 valence electrons. The Kier molecular flexibility index (Phi) is 10.7. The number of primary amides is 1. The van der Waals surface area contributed by atoms with Crippen molar-refractivity contribution in [2.75, 3.05) is 19.6 Å². The summed E-state index contributed by atoms with van der Waals surface area (Å²) in [5.41, 5.74) is 8.17. The zero-order valence-electron chi connectivity index (χ0n) is 23.8. The van der Waals surface area contributed by atoms with E-state index in [2.05, 4.69) is 5.32 Å². The molecule has 1 heterocycles. The number of aromatic nitrogens is 1. The number of nitrogens with two attached hydrogens (primary N) is 1. The van der Waals surface area contributed by atoms with Gasteiger partial charge in [0, 0.05) is 50.1 Å². The van der Waals surface area contributed by atoms with Gasteiger partial charge < -0.3 is 20.7 Å². The summed E-state index contributed by atoms with van der Waals surface area (Å²) in [4.78, 5) is 26.5. The highest BCUT2D eigenvalue weighted by atomic mass is 19.1. The molecule has 0 fully saturated rings. The summed E-state index contributed by atoms with van der Waals surface area (Å²) in [5, 5.41) is 15.0. The standard InChI is InChI=1S/C31H40F2N4O3/c1-5-10-37(11-6-2,31(40)24-13-21(3)12-23(17-24)30(34)39)28(16-22-14-25(32)18-26(33)15-22)29(38)20-35-19-27-8-7-9-36(27)4/h7-9,12-15,17-18,28-29,35,38H,5-6,10-11,16,19-20H2,1-4H3,(H-,34,39)/p+1/t28-,29+/m0/s1. The maximum atomic E-state index is 14.5. The van der Waals surface area contributed by atoms with Crippen LogP contribution in [0.5, 0.6) is 0 Å². The first-order chi connectivity index (χ1) is 19.0. The molecule has 40 heavy (non-hydrogen) atoms. The number of hydrogen-bond donors (Lipinski definition) is 3. The number of carbonyl (C=O) groups excluding carboxylic acids is 2. The first kappa shape index (κ1) is 31.1. The second-order valence-corrected chi connectivity index (χ2v) is 10.6. The van der Waals surface area contributed by atoms with Crippen LogP contribution in [0.3, 0.4) is 0 Å². The lowest BCUT2D eigenvalue weighted by Gasteiger charge is -2.44. The molecule has 9 heteroatoms. The Bertz CT molecular complexity index is 1300. The predicted octanol–water partition coefficient (Wildman–Crippen LogP) is 4.25. The minimum Gasteiger partial charge on any atom is -0.386 e. The fourth-order valence-electron chi connectivity index (χ4n) is 5.68. The first-order valence-corrected chi connectivity index (χ1v) is 13.8. The van der Waals surface area contributed by atoms with Gasteiger partial charge in [-0.25, -0.2) is 13.6 Å². The smallest absolute Gasteiger partial charge is 0.346 e. The lowest BCUT2D eigenvalue weighted by Crippen LogP contribution is -2.65. The number of aliphatic hydroxyl groups excluding tert-OH is 1. The van der Waals surface area contributed by atoms with Crippen LogP contribution in [-0.2, 0) is 20.0 Å². The van der Waals surface area contributed by atoms with E-state index >= 15 is 0 Å². The van der Waals surface area contributed by atoms with Crippen molar-refractivity contribution in [2.24, 2.45) is 12.8 Å². The van der Waals surface area contributed by atoms with Crippen molar-refractivity contribution in [3.05, 3.63) is 94.3 Å². The Hall–Kier alpha value is -3.40. The van der Waals surface area contributed by atoms with Gasteiger partial charge in [-0.3, -0.25) is 9.28 Å². The van der Waals surface area contributed by atoms with Gasteiger partial charge in [-0.15, -0.1) is 0 Å². The fraction of sp³-hybridized carbons (Fsp3) is 0.419. The van der Waals surface area contributed by atoms with Crippen LogP contribution in [0.1, 0.15) is 64.2 Å². The third-order valence-electron chi connectivity index (χ3n) is 7.42. The molecule has 2 aromatic carbocycles. The number of nitrogens with zero attached hydrogens (tertiary/aromatic N) is 2. The Morgan fingerprint density at radius 1 is 1.02 bits per heavy atom. The molecular formula is C31H41F2N4O3+. The van der Waals surface area contributed by atoms with Gasteiger partial charge in [-0.05, 0) is 73.4 Å².